The first-order chi connectivity index (χ1) is 10.7. The highest BCUT2D eigenvalue weighted by Crippen LogP contribution is 2.31. The quantitative estimate of drug-likeness (QED) is 0.310. The first-order valence-electron chi connectivity index (χ1n) is 6.86. The van der Waals surface area contributed by atoms with Crippen molar-refractivity contribution in [3.8, 4) is 0 Å². The van der Waals surface area contributed by atoms with Crippen molar-refractivity contribution in [3.63, 3.8) is 0 Å². The van der Waals surface area contributed by atoms with Gasteiger partial charge in [0, 0.05) is 16.8 Å². The third-order valence-corrected chi connectivity index (χ3v) is 3.43. The topological polar surface area (TPSA) is 56.5 Å². The summed E-state index contributed by atoms with van der Waals surface area (Å²) >= 11 is 0. The van der Waals surface area contributed by atoms with Gasteiger partial charge in [0.1, 0.15) is 11.2 Å². The summed E-state index contributed by atoms with van der Waals surface area (Å²) in [5, 5.41) is 1.83. The van der Waals surface area contributed by atoms with E-state index < -0.39 is 0 Å². The van der Waals surface area contributed by atoms with Gasteiger partial charge in [-0.15, -0.1) is 0 Å². The number of ketones is 2. The fourth-order valence-electron chi connectivity index (χ4n) is 2.42. The molecule has 2 aromatic carbocycles. The van der Waals surface area contributed by atoms with Gasteiger partial charge in [-0.25, -0.2) is 0 Å². The second kappa shape index (κ2) is 5.85. The van der Waals surface area contributed by atoms with Crippen molar-refractivity contribution in [1.82, 2.24) is 0 Å². The molecule has 110 valence electrons. The number of fused-ring (bicyclic) bond motifs is 3. The van der Waals surface area contributed by atoms with E-state index in [0.717, 1.165) is 16.4 Å². The molecule has 22 heavy (non-hydrogen) atoms. The number of carbonyl (C=O) groups excluding carboxylic acids is 2. The maximum Gasteiger partial charge on any atom is 0.174 e. The summed E-state index contributed by atoms with van der Waals surface area (Å²) in [6.07, 6.45) is 2.30. The van der Waals surface area contributed by atoms with Crippen LogP contribution < -0.4 is 0 Å². The molecule has 3 aromatic rings. The van der Waals surface area contributed by atoms with Gasteiger partial charge in [0.15, 0.2) is 11.6 Å². The summed E-state index contributed by atoms with van der Waals surface area (Å²) in [5.41, 5.74) is 1.67. The lowest BCUT2D eigenvalue weighted by atomic mass is 10.0. The minimum atomic E-state index is -0.306. The number of rotatable bonds is 5. The van der Waals surface area contributed by atoms with Crippen LogP contribution in [-0.2, 0) is 9.53 Å². The van der Waals surface area contributed by atoms with Crippen molar-refractivity contribution in [3.05, 3.63) is 60.4 Å². The minimum Gasteiger partial charge on any atom is -0.504 e. The number of benzene rings is 2. The minimum absolute atomic E-state index is 0.212. The standard InChI is InChI=1S/C18H14O4/c1-21-10-9-12(19)11-16(20)15-7-4-6-14-13-5-2-3-8-17(13)22-18(14)15/h2-10H,11H2,1H3/b10-9+. The number of Topliss-reactive ketones (excluding diaryl/α,β-unsaturated/α-hetero) is 1. The van der Waals surface area contributed by atoms with E-state index in [9.17, 15) is 9.59 Å². The maximum atomic E-state index is 12.4. The molecule has 0 unspecified atom stereocenters. The van der Waals surface area contributed by atoms with Gasteiger partial charge in [0.05, 0.1) is 25.4 Å². The third-order valence-electron chi connectivity index (χ3n) is 3.43. The molecule has 0 radical (unpaired) electrons. The molecule has 0 aliphatic carbocycles. The van der Waals surface area contributed by atoms with Crippen LogP contribution in [-0.4, -0.2) is 18.7 Å². The molecule has 1 heterocycles. The average Bonchev–Trinajstić information content (AvgIpc) is 2.91. The van der Waals surface area contributed by atoms with Gasteiger partial charge in [-0.1, -0.05) is 30.3 Å². The van der Waals surface area contributed by atoms with Crippen molar-refractivity contribution in [2.24, 2.45) is 0 Å². The maximum absolute atomic E-state index is 12.4. The predicted octanol–water partition coefficient (Wildman–Crippen LogP) is 3.89. The van der Waals surface area contributed by atoms with Gasteiger partial charge in [-0.3, -0.25) is 9.59 Å². The second-order valence-corrected chi connectivity index (χ2v) is 4.89. The van der Waals surface area contributed by atoms with Crippen LogP contribution in [0.2, 0.25) is 0 Å². The van der Waals surface area contributed by atoms with E-state index in [1.165, 1.54) is 19.4 Å². The summed E-state index contributed by atoms with van der Waals surface area (Å²) in [7, 11) is 1.45. The largest absolute Gasteiger partial charge is 0.504 e. The van der Waals surface area contributed by atoms with E-state index in [1.807, 2.05) is 30.3 Å². The lowest BCUT2D eigenvalue weighted by molar-refractivity contribution is -0.113. The van der Waals surface area contributed by atoms with Crippen LogP contribution in [0.15, 0.2) is 59.2 Å². The monoisotopic (exact) mass is 294 g/mol. The Kier molecular flexibility index (Phi) is 3.74. The van der Waals surface area contributed by atoms with Crippen molar-refractivity contribution >= 4 is 33.5 Å². The van der Waals surface area contributed by atoms with Gasteiger partial charge in [-0.2, -0.15) is 0 Å². The van der Waals surface area contributed by atoms with Crippen molar-refractivity contribution in [1.29, 1.82) is 0 Å². The summed E-state index contributed by atoms with van der Waals surface area (Å²) in [4.78, 5) is 24.0. The van der Waals surface area contributed by atoms with Crippen LogP contribution in [0.25, 0.3) is 21.9 Å². The number of hydrogen-bond donors (Lipinski definition) is 0. The molecule has 0 amide bonds. The lowest BCUT2D eigenvalue weighted by Crippen LogP contribution is -2.06. The highest BCUT2D eigenvalue weighted by molar-refractivity contribution is 6.18. The van der Waals surface area contributed by atoms with Gasteiger partial charge < -0.3 is 9.15 Å². The zero-order valence-corrected chi connectivity index (χ0v) is 12.0. The van der Waals surface area contributed by atoms with E-state index >= 15 is 0 Å². The molecular formula is C18H14O4. The van der Waals surface area contributed by atoms with Crippen LogP contribution in [0.4, 0.5) is 0 Å². The number of ether oxygens (including phenoxy) is 1. The van der Waals surface area contributed by atoms with Crippen molar-refractivity contribution in [2.45, 2.75) is 6.42 Å². The average molecular weight is 294 g/mol. The smallest absolute Gasteiger partial charge is 0.174 e. The van der Waals surface area contributed by atoms with E-state index in [-0.39, 0.29) is 18.0 Å². The molecule has 4 nitrogen and oxygen atoms in total. The number of furan rings is 1. The first-order valence-corrected chi connectivity index (χ1v) is 6.86. The fraction of sp³-hybridized carbons (Fsp3) is 0.111. The summed E-state index contributed by atoms with van der Waals surface area (Å²) in [5.74, 6) is -0.574. The van der Waals surface area contributed by atoms with Crippen LogP contribution in [0.1, 0.15) is 16.8 Å². The van der Waals surface area contributed by atoms with Crippen molar-refractivity contribution in [2.75, 3.05) is 7.11 Å². The number of allylic oxidation sites excluding steroid dienone is 1. The molecule has 0 atom stereocenters. The molecule has 0 aliphatic rings. The van der Waals surface area contributed by atoms with Gasteiger partial charge in [0.25, 0.3) is 0 Å². The Bertz CT molecular complexity index is 886. The van der Waals surface area contributed by atoms with E-state index in [4.69, 9.17) is 4.42 Å². The Morgan fingerprint density at radius 3 is 2.68 bits per heavy atom. The Labute approximate surface area is 127 Å². The normalized spacial score (nSPS) is 11.3. The predicted molar refractivity (Wildman–Crippen MR) is 83.8 cm³/mol. The SMILES string of the molecule is CO/C=C/C(=O)CC(=O)c1cccc2c1oc1ccccc12. The Morgan fingerprint density at radius 1 is 1.09 bits per heavy atom. The van der Waals surface area contributed by atoms with Gasteiger partial charge in [-0.05, 0) is 12.1 Å². The van der Waals surface area contributed by atoms with Crippen LogP contribution in [0, 0.1) is 0 Å². The Hall–Kier alpha value is -2.88. The zero-order valence-electron chi connectivity index (χ0n) is 12.0. The zero-order chi connectivity index (χ0) is 15.5. The molecule has 0 bridgehead atoms. The molecule has 1 aromatic heterocycles. The van der Waals surface area contributed by atoms with Crippen LogP contribution in [0.3, 0.4) is 0 Å². The van der Waals surface area contributed by atoms with Crippen LogP contribution >= 0.6 is 0 Å². The Balaban J connectivity index is 2.02. The van der Waals surface area contributed by atoms with E-state index in [0.29, 0.717) is 11.1 Å². The van der Waals surface area contributed by atoms with Crippen LogP contribution in [0.5, 0.6) is 0 Å². The van der Waals surface area contributed by atoms with Crippen molar-refractivity contribution < 1.29 is 18.7 Å². The van der Waals surface area contributed by atoms with Gasteiger partial charge in [0.2, 0.25) is 0 Å². The molecule has 0 N–H and O–H groups in total. The number of carbonyl (C=O) groups is 2. The molecule has 0 aliphatic heterocycles. The van der Waals surface area contributed by atoms with Gasteiger partial charge >= 0.3 is 0 Å². The molecule has 0 saturated carbocycles. The summed E-state index contributed by atoms with van der Waals surface area (Å²) < 4.78 is 10.5. The third kappa shape index (κ3) is 2.51. The Morgan fingerprint density at radius 2 is 1.86 bits per heavy atom. The molecule has 3 rings (SSSR count). The highest BCUT2D eigenvalue weighted by Gasteiger charge is 2.17. The number of para-hydroxylation sites is 2. The molecule has 0 saturated heterocycles. The number of methoxy groups -OCH3 is 1. The fourth-order valence-corrected chi connectivity index (χ4v) is 2.42. The number of hydrogen-bond acceptors (Lipinski definition) is 4. The molecular weight excluding hydrogens is 280 g/mol. The summed E-state index contributed by atoms with van der Waals surface area (Å²) in [6, 6.07) is 13.0. The lowest BCUT2D eigenvalue weighted by Gasteiger charge is -2.00. The first kappa shape index (κ1) is 14.1. The van der Waals surface area contributed by atoms with E-state index in [2.05, 4.69) is 4.74 Å². The van der Waals surface area contributed by atoms with E-state index in [1.54, 1.807) is 12.1 Å². The molecule has 0 spiro atoms. The summed E-state index contributed by atoms with van der Waals surface area (Å²) in [6.45, 7) is 0. The second-order valence-electron chi connectivity index (χ2n) is 4.89. The molecule has 4 heteroatoms. The molecule has 0 fully saturated rings. The highest BCUT2D eigenvalue weighted by atomic mass is 16.5.